The van der Waals surface area contributed by atoms with Crippen LogP contribution >= 0.6 is 22.9 Å². The first-order valence-corrected chi connectivity index (χ1v) is 11.6. The minimum atomic E-state index is -0.500. The summed E-state index contributed by atoms with van der Waals surface area (Å²) < 4.78 is 13.1. The van der Waals surface area contributed by atoms with Crippen molar-refractivity contribution in [2.45, 2.75) is 19.6 Å². The molecular weight excluding hydrogens is 466 g/mol. The first-order chi connectivity index (χ1) is 16.0. The molecule has 1 aliphatic heterocycles. The number of amides is 2. The third-order valence-corrected chi connectivity index (χ3v) is 6.31. The SMILES string of the molecule is CCOCc1cc(N2C[C@H](CNC(=O)c3ccc(Cl)s3)OC2=O)ccc1-n1ccccc1=O. The number of ether oxygens (including phenoxy) is 2. The van der Waals surface area contributed by atoms with Gasteiger partial charge in [-0.2, -0.15) is 0 Å². The molecule has 3 aromatic rings. The zero-order chi connectivity index (χ0) is 23.4. The number of cyclic esters (lactones) is 1. The Labute approximate surface area is 199 Å². The summed E-state index contributed by atoms with van der Waals surface area (Å²) in [6.45, 7) is 3.14. The summed E-state index contributed by atoms with van der Waals surface area (Å²) in [5.41, 5.74) is 1.92. The number of rotatable bonds is 8. The smallest absolute Gasteiger partial charge is 0.414 e. The van der Waals surface area contributed by atoms with Gasteiger partial charge < -0.3 is 14.8 Å². The predicted molar refractivity (Wildman–Crippen MR) is 127 cm³/mol. The van der Waals surface area contributed by atoms with E-state index in [1.807, 2.05) is 13.0 Å². The highest BCUT2D eigenvalue weighted by Gasteiger charge is 2.33. The summed E-state index contributed by atoms with van der Waals surface area (Å²) in [6, 6.07) is 13.6. The molecule has 0 saturated carbocycles. The molecule has 1 saturated heterocycles. The third-order valence-electron chi connectivity index (χ3n) is 5.08. The van der Waals surface area contributed by atoms with Crippen LogP contribution in [-0.4, -0.2) is 42.4 Å². The van der Waals surface area contributed by atoms with Crippen molar-refractivity contribution >= 4 is 40.6 Å². The quantitative estimate of drug-likeness (QED) is 0.521. The Kier molecular flexibility index (Phi) is 7.12. The van der Waals surface area contributed by atoms with Crippen molar-refractivity contribution in [1.29, 1.82) is 0 Å². The maximum atomic E-state index is 12.5. The fourth-order valence-electron chi connectivity index (χ4n) is 3.50. The van der Waals surface area contributed by atoms with E-state index in [-0.39, 0.29) is 31.2 Å². The number of hydrogen-bond acceptors (Lipinski definition) is 6. The van der Waals surface area contributed by atoms with Gasteiger partial charge in [0.2, 0.25) is 0 Å². The highest BCUT2D eigenvalue weighted by Crippen LogP contribution is 2.27. The molecule has 2 aromatic heterocycles. The van der Waals surface area contributed by atoms with Crippen LogP contribution in [0.1, 0.15) is 22.2 Å². The summed E-state index contributed by atoms with van der Waals surface area (Å²) in [5, 5.41) is 2.77. The number of benzene rings is 1. The summed E-state index contributed by atoms with van der Waals surface area (Å²) in [6.07, 6.45) is 0.695. The van der Waals surface area contributed by atoms with Crippen molar-refractivity contribution in [3.63, 3.8) is 0 Å². The molecule has 0 spiro atoms. The fraction of sp³-hybridized carbons (Fsp3) is 0.261. The van der Waals surface area contributed by atoms with E-state index in [0.29, 0.717) is 27.2 Å². The Morgan fingerprint density at radius 2 is 2.09 bits per heavy atom. The van der Waals surface area contributed by atoms with Gasteiger partial charge in [-0.3, -0.25) is 19.1 Å². The molecule has 2 amide bonds. The summed E-state index contributed by atoms with van der Waals surface area (Å²) in [4.78, 5) is 39.1. The van der Waals surface area contributed by atoms with Crippen molar-refractivity contribution in [2.75, 3.05) is 24.6 Å². The van der Waals surface area contributed by atoms with Gasteiger partial charge in [0.15, 0.2) is 0 Å². The molecule has 1 aliphatic rings. The fourth-order valence-corrected chi connectivity index (χ4v) is 4.46. The normalized spacial score (nSPS) is 15.5. The van der Waals surface area contributed by atoms with E-state index in [4.69, 9.17) is 21.1 Å². The highest BCUT2D eigenvalue weighted by molar-refractivity contribution is 7.18. The number of anilines is 1. The lowest BCUT2D eigenvalue weighted by Crippen LogP contribution is -2.34. The number of halogens is 1. The summed E-state index contributed by atoms with van der Waals surface area (Å²) in [7, 11) is 0. The van der Waals surface area contributed by atoms with E-state index in [2.05, 4.69) is 5.32 Å². The van der Waals surface area contributed by atoms with Gasteiger partial charge >= 0.3 is 6.09 Å². The number of hydrogen-bond donors (Lipinski definition) is 1. The molecule has 10 heteroatoms. The van der Waals surface area contributed by atoms with Gasteiger partial charge in [0.25, 0.3) is 11.5 Å². The van der Waals surface area contributed by atoms with Gasteiger partial charge in [-0.15, -0.1) is 11.3 Å². The maximum Gasteiger partial charge on any atom is 0.414 e. The van der Waals surface area contributed by atoms with Crippen LogP contribution in [0.5, 0.6) is 0 Å². The molecule has 172 valence electrons. The zero-order valence-corrected chi connectivity index (χ0v) is 19.4. The minimum absolute atomic E-state index is 0.161. The molecule has 0 radical (unpaired) electrons. The van der Waals surface area contributed by atoms with Crippen LogP contribution in [0.4, 0.5) is 10.5 Å². The van der Waals surface area contributed by atoms with Crippen LogP contribution in [0.25, 0.3) is 5.69 Å². The Bertz CT molecular complexity index is 1220. The monoisotopic (exact) mass is 487 g/mol. The van der Waals surface area contributed by atoms with Crippen molar-refractivity contribution in [3.8, 4) is 5.69 Å². The van der Waals surface area contributed by atoms with Crippen molar-refractivity contribution in [3.05, 3.63) is 79.9 Å². The van der Waals surface area contributed by atoms with Gasteiger partial charge in [-0.1, -0.05) is 17.7 Å². The summed E-state index contributed by atoms with van der Waals surface area (Å²) in [5.74, 6) is -0.266. The second kappa shape index (κ2) is 10.2. The number of thiophene rings is 1. The van der Waals surface area contributed by atoms with E-state index < -0.39 is 12.2 Å². The Morgan fingerprint density at radius 3 is 2.82 bits per heavy atom. The number of carbonyl (C=O) groups excluding carboxylic acids is 2. The van der Waals surface area contributed by atoms with Crippen molar-refractivity contribution < 1.29 is 19.1 Å². The number of aromatic nitrogens is 1. The summed E-state index contributed by atoms with van der Waals surface area (Å²) >= 11 is 7.06. The van der Waals surface area contributed by atoms with Crippen LogP contribution < -0.4 is 15.8 Å². The molecular formula is C23H22ClN3O5S. The highest BCUT2D eigenvalue weighted by atomic mass is 35.5. The van der Waals surface area contributed by atoms with E-state index in [1.54, 1.807) is 42.6 Å². The largest absolute Gasteiger partial charge is 0.442 e. The van der Waals surface area contributed by atoms with Crippen LogP contribution in [0.2, 0.25) is 4.34 Å². The molecule has 1 fully saturated rings. The van der Waals surface area contributed by atoms with Crippen LogP contribution in [-0.2, 0) is 16.1 Å². The van der Waals surface area contributed by atoms with E-state index in [1.165, 1.54) is 26.9 Å². The van der Waals surface area contributed by atoms with E-state index in [0.717, 1.165) is 5.56 Å². The second-order valence-corrected chi connectivity index (χ2v) is 9.00. The average Bonchev–Trinajstić information content (AvgIpc) is 3.41. The van der Waals surface area contributed by atoms with Gasteiger partial charge in [-0.25, -0.2) is 4.79 Å². The molecule has 3 heterocycles. The topological polar surface area (TPSA) is 89.9 Å². The van der Waals surface area contributed by atoms with Crippen LogP contribution in [0.3, 0.4) is 0 Å². The maximum absolute atomic E-state index is 12.5. The Balaban J connectivity index is 1.49. The van der Waals surface area contributed by atoms with Gasteiger partial charge in [0.05, 0.1) is 34.6 Å². The molecule has 8 nitrogen and oxygen atoms in total. The number of nitrogens with one attached hydrogen (secondary N) is 1. The minimum Gasteiger partial charge on any atom is -0.442 e. The molecule has 1 N–H and O–H groups in total. The van der Waals surface area contributed by atoms with Gasteiger partial charge in [0.1, 0.15) is 6.10 Å². The molecule has 0 bridgehead atoms. The van der Waals surface area contributed by atoms with Gasteiger partial charge in [0, 0.05) is 30.1 Å². The van der Waals surface area contributed by atoms with E-state index in [9.17, 15) is 14.4 Å². The van der Waals surface area contributed by atoms with Crippen LogP contribution in [0.15, 0.2) is 59.5 Å². The van der Waals surface area contributed by atoms with Crippen molar-refractivity contribution in [2.24, 2.45) is 0 Å². The van der Waals surface area contributed by atoms with Gasteiger partial charge in [-0.05, 0) is 43.3 Å². The number of carbonyl (C=O) groups is 2. The Morgan fingerprint density at radius 1 is 1.24 bits per heavy atom. The molecule has 33 heavy (non-hydrogen) atoms. The lowest BCUT2D eigenvalue weighted by molar-refractivity contribution is 0.0920. The standard InChI is InChI=1S/C23H22ClN3O5S/c1-2-31-14-15-11-16(6-7-18(15)26-10-4-3-5-21(26)28)27-13-17(32-23(27)30)12-25-22(29)19-8-9-20(24)33-19/h3-11,17H,2,12-14H2,1H3,(H,25,29)/t17-/m0/s1. The lowest BCUT2D eigenvalue weighted by atomic mass is 10.1. The zero-order valence-electron chi connectivity index (χ0n) is 17.8. The molecule has 1 aromatic carbocycles. The van der Waals surface area contributed by atoms with Crippen molar-refractivity contribution in [1.82, 2.24) is 9.88 Å². The lowest BCUT2D eigenvalue weighted by Gasteiger charge is -2.18. The predicted octanol–water partition coefficient (Wildman–Crippen LogP) is 3.84. The first-order valence-electron chi connectivity index (χ1n) is 10.4. The number of nitrogens with zero attached hydrogens (tertiary/aromatic N) is 2. The molecule has 1 atom stereocenters. The van der Waals surface area contributed by atoms with Crippen LogP contribution in [0, 0.1) is 0 Å². The van der Waals surface area contributed by atoms with E-state index >= 15 is 0 Å². The third kappa shape index (κ3) is 5.27. The molecule has 0 unspecified atom stereocenters. The molecule has 4 rings (SSSR count). The first kappa shape index (κ1) is 23.0. The Hall–Kier alpha value is -3.14. The second-order valence-electron chi connectivity index (χ2n) is 7.29. The molecule has 0 aliphatic carbocycles. The number of pyridine rings is 1. The average molecular weight is 488 g/mol.